The van der Waals surface area contributed by atoms with Gasteiger partial charge in [0.1, 0.15) is 18.1 Å². The highest BCUT2D eigenvalue weighted by Crippen LogP contribution is 2.12. The van der Waals surface area contributed by atoms with E-state index in [4.69, 9.17) is 5.73 Å². The van der Waals surface area contributed by atoms with Crippen molar-refractivity contribution in [3.8, 4) is 0 Å². The number of amides is 3. The molecule has 0 spiro atoms. The summed E-state index contributed by atoms with van der Waals surface area (Å²) in [5.74, 6) is -3.65. The molecule has 7 N–H and O–H groups in total. The number of hydrogen-bond acceptors (Lipinski definition) is 6. The molecule has 0 radical (unpaired) electrons. The van der Waals surface area contributed by atoms with Crippen LogP contribution in [0, 0.1) is 17.8 Å². The molecule has 1 rings (SSSR count). The molecule has 0 saturated carbocycles. The normalized spacial score (nSPS) is 15.9. The van der Waals surface area contributed by atoms with Crippen LogP contribution >= 0.6 is 0 Å². The summed E-state index contributed by atoms with van der Waals surface area (Å²) >= 11 is 0. The number of imidazole rings is 1. The fourth-order valence-electron chi connectivity index (χ4n) is 3.22. The molecule has 0 saturated heterocycles. The number of aromatic nitrogens is 2. The Morgan fingerprint density at radius 2 is 1.45 bits per heavy atom. The quantitative estimate of drug-likeness (QED) is 0.240. The number of carbonyl (C=O) groups is 4. The van der Waals surface area contributed by atoms with Gasteiger partial charge in [-0.25, -0.2) is 9.78 Å². The van der Waals surface area contributed by atoms with Gasteiger partial charge in [-0.2, -0.15) is 0 Å². The number of carboxylic acid groups (broad SMARTS) is 1. The van der Waals surface area contributed by atoms with Gasteiger partial charge in [0.15, 0.2) is 0 Å². The van der Waals surface area contributed by atoms with Crippen molar-refractivity contribution in [1.29, 1.82) is 0 Å². The molecule has 11 nitrogen and oxygen atoms in total. The maximum absolute atomic E-state index is 13.1. The van der Waals surface area contributed by atoms with Crippen molar-refractivity contribution in [2.75, 3.05) is 0 Å². The largest absolute Gasteiger partial charge is 0.480 e. The van der Waals surface area contributed by atoms with Crippen molar-refractivity contribution in [3.05, 3.63) is 18.2 Å². The molecule has 5 unspecified atom stereocenters. The van der Waals surface area contributed by atoms with Gasteiger partial charge < -0.3 is 31.8 Å². The topological polar surface area (TPSA) is 179 Å². The molecule has 11 heteroatoms. The second-order valence-electron chi connectivity index (χ2n) is 9.06. The lowest BCUT2D eigenvalue weighted by Crippen LogP contribution is -2.60. The van der Waals surface area contributed by atoms with E-state index >= 15 is 0 Å². The minimum Gasteiger partial charge on any atom is -0.480 e. The van der Waals surface area contributed by atoms with Crippen LogP contribution in [0.4, 0.5) is 0 Å². The third kappa shape index (κ3) is 8.49. The molecule has 1 aromatic heterocycles. The van der Waals surface area contributed by atoms with E-state index in [0.717, 1.165) is 0 Å². The number of nitrogens with zero attached hydrogens (tertiary/aromatic N) is 1. The average molecular weight is 467 g/mol. The van der Waals surface area contributed by atoms with E-state index in [0.29, 0.717) is 12.1 Å². The van der Waals surface area contributed by atoms with Gasteiger partial charge in [-0.1, -0.05) is 48.0 Å². The van der Waals surface area contributed by atoms with Crippen LogP contribution in [0.1, 0.15) is 53.7 Å². The third-order valence-corrected chi connectivity index (χ3v) is 5.60. The number of nitrogens with two attached hydrogens (primary N) is 1. The van der Waals surface area contributed by atoms with Crippen molar-refractivity contribution in [1.82, 2.24) is 25.9 Å². The summed E-state index contributed by atoms with van der Waals surface area (Å²) in [5, 5.41) is 17.3. The van der Waals surface area contributed by atoms with E-state index in [-0.39, 0.29) is 24.2 Å². The van der Waals surface area contributed by atoms with Crippen molar-refractivity contribution < 1.29 is 24.3 Å². The van der Waals surface area contributed by atoms with Gasteiger partial charge in [0.05, 0.1) is 12.4 Å². The maximum Gasteiger partial charge on any atom is 0.326 e. The number of rotatable bonds is 13. The highest BCUT2D eigenvalue weighted by molar-refractivity contribution is 5.94. The van der Waals surface area contributed by atoms with Crippen molar-refractivity contribution in [3.63, 3.8) is 0 Å². The summed E-state index contributed by atoms with van der Waals surface area (Å²) in [5.41, 5.74) is 6.67. The first-order valence-corrected chi connectivity index (χ1v) is 11.3. The number of aliphatic carboxylic acids is 1. The third-order valence-electron chi connectivity index (χ3n) is 5.60. The molecular formula is C22H38N6O5. The highest BCUT2D eigenvalue weighted by Gasteiger charge is 2.34. The number of aromatic amines is 1. The zero-order valence-electron chi connectivity index (χ0n) is 20.2. The van der Waals surface area contributed by atoms with Crippen LogP contribution in [0.5, 0.6) is 0 Å². The number of H-pyrrole nitrogens is 1. The Kier molecular flexibility index (Phi) is 11.0. The Labute approximate surface area is 194 Å². The van der Waals surface area contributed by atoms with Crippen LogP contribution < -0.4 is 21.7 Å². The SMILES string of the molecule is CCC(C)C(NC(=O)C(NC(=O)C(N)Cc1cnc[nH]1)C(C)C)C(=O)NC(C(=O)O)C(C)C. The zero-order chi connectivity index (χ0) is 25.3. The van der Waals surface area contributed by atoms with Crippen LogP contribution in [-0.4, -0.2) is 62.9 Å². The molecule has 3 amide bonds. The van der Waals surface area contributed by atoms with E-state index in [1.807, 2.05) is 6.92 Å². The second-order valence-corrected chi connectivity index (χ2v) is 9.06. The van der Waals surface area contributed by atoms with Crippen LogP contribution in [0.3, 0.4) is 0 Å². The van der Waals surface area contributed by atoms with Gasteiger partial charge in [-0.05, 0) is 17.8 Å². The van der Waals surface area contributed by atoms with Gasteiger partial charge >= 0.3 is 5.97 Å². The first kappa shape index (κ1) is 28.1. The van der Waals surface area contributed by atoms with E-state index in [1.165, 1.54) is 6.33 Å². The molecule has 1 aromatic rings. The molecule has 1 heterocycles. The fraction of sp³-hybridized carbons (Fsp3) is 0.682. The maximum atomic E-state index is 13.1. The van der Waals surface area contributed by atoms with E-state index in [2.05, 4.69) is 25.9 Å². The summed E-state index contributed by atoms with van der Waals surface area (Å²) in [6.45, 7) is 10.6. The Bertz CT molecular complexity index is 795. The molecule has 33 heavy (non-hydrogen) atoms. The Hall–Kier alpha value is -2.95. The molecule has 0 aromatic carbocycles. The van der Waals surface area contributed by atoms with Crippen molar-refractivity contribution >= 4 is 23.7 Å². The standard InChI is InChI=1S/C22H38N6O5/c1-7-13(6)18(21(31)27-17(12(4)5)22(32)33)28-20(30)16(11(2)3)26-19(29)15(23)8-14-9-24-10-25-14/h9-13,15-18H,7-8,23H2,1-6H3,(H,24,25)(H,26,29)(H,27,31)(H,28,30)(H,32,33). The first-order valence-electron chi connectivity index (χ1n) is 11.3. The predicted molar refractivity (Wildman–Crippen MR) is 123 cm³/mol. The Morgan fingerprint density at radius 1 is 0.939 bits per heavy atom. The molecule has 0 aliphatic carbocycles. The molecule has 0 fully saturated rings. The lowest BCUT2D eigenvalue weighted by Gasteiger charge is -2.29. The van der Waals surface area contributed by atoms with E-state index in [9.17, 15) is 24.3 Å². The van der Waals surface area contributed by atoms with Crippen molar-refractivity contribution in [2.45, 2.75) is 78.6 Å². The van der Waals surface area contributed by atoms with E-state index in [1.54, 1.807) is 40.8 Å². The van der Waals surface area contributed by atoms with Crippen molar-refractivity contribution in [2.24, 2.45) is 23.5 Å². The fourth-order valence-corrected chi connectivity index (χ4v) is 3.22. The Balaban J connectivity index is 2.93. The monoisotopic (exact) mass is 466 g/mol. The summed E-state index contributed by atoms with van der Waals surface area (Å²) < 4.78 is 0. The van der Waals surface area contributed by atoms with Gasteiger partial charge in [0.2, 0.25) is 17.7 Å². The van der Waals surface area contributed by atoms with Gasteiger partial charge in [-0.3, -0.25) is 14.4 Å². The summed E-state index contributed by atoms with van der Waals surface area (Å²) in [6.07, 6.45) is 3.85. The lowest BCUT2D eigenvalue weighted by atomic mass is 9.95. The summed E-state index contributed by atoms with van der Waals surface area (Å²) in [4.78, 5) is 56.8. The van der Waals surface area contributed by atoms with Gasteiger partial charge in [0, 0.05) is 18.3 Å². The summed E-state index contributed by atoms with van der Waals surface area (Å²) in [6, 6.07) is -3.86. The van der Waals surface area contributed by atoms with Crippen LogP contribution in [0.15, 0.2) is 12.5 Å². The molecule has 0 bridgehead atoms. The average Bonchev–Trinajstić information content (AvgIpc) is 3.25. The highest BCUT2D eigenvalue weighted by atomic mass is 16.4. The van der Waals surface area contributed by atoms with Crippen LogP contribution in [-0.2, 0) is 25.6 Å². The lowest BCUT2D eigenvalue weighted by molar-refractivity contribution is -0.144. The van der Waals surface area contributed by atoms with Crippen LogP contribution in [0.25, 0.3) is 0 Å². The molecule has 0 aliphatic rings. The Morgan fingerprint density at radius 3 is 1.91 bits per heavy atom. The number of carboxylic acids is 1. The number of carbonyl (C=O) groups excluding carboxylic acids is 3. The minimum absolute atomic E-state index is 0.224. The molecular weight excluding hydrogens is 428 g/mol. The van der Waals surface area contributed by atoms with Crippen LogP contribution in [0.2, 0.25) is 0 Å². The smallest absolute Gasteiger partial charge is 0.326 e. The zero-order valence-corrected chi connectivity index (χ0v) is 20.2. The predicted octanol–water partition coefficient (Wildman–Crippen LogP) is 0.177. The molecule has 5 atom stereocenters. The van der Waals surface area contributed by atoms with Gasteiger partial charge in [0.25, 0.3) is 0 Å². The number of nitrogens with one attached hydrogen (secondary N) is 4. The second kappa shape index (κ2) is 12.9. The minimum atomic E-state index is -1.15. The van der Waals surface area contributed by atoms with E-state index < -0.39 is 47.9 Å². The number of hydrogen-bond donors (Lipinski definition) is 6. The molecule has 186 valence electrons. The first-order chi connectivity index (χ1) is 15.4. The summed E-state index contributed by atoms with van der Waals surface area (Å²) in [7, 11) is 0. The van der Waals surface area contributed by atoms with Gasteiger partial charge in [-0.15, -0.1) is 0 Å². The molecule has 0 aliphatic heterocycles.